The van der Waals surface area contributed by atoms with Crippen molar-refractivity contribution in [2.45, 2.75) is 39.2 Å². The minimum Gasteiger partial charge on any atom is -0.466 e. The SMILES string of the molecule is CCOC(=O)CCc1ccc2c(c1)CCCNC2.Cl. The predicted octanol–water partition coefficient (Wildman–Crippen LogP) is 2.64. The van der Waals surface area contributed by atoms with Crippen LogP contribution in [-0.4, -0.2) is 19.1 Å². The van der Waals surface area contributed by atoms with Crippen LogP contribution in [0.15, 0.2) is 18.2 Å². The molecule has 1 aliphatic heterocycles. The van der Waals surface area contributed by atoms with Gasteiger partial charge in [-0.05, 0) is 49.4 Å². The van der Waals surface area contributed by atoms with E-state index in [1.165, 1.54) is 23.1 Å². The van der Waals surface area contributed by atoms with Crippen LogP contribution in [0.5, 0.6) is 0 Å². The van der Waals surface area contributed by atoms with Crippen LogP contribution < -0.4 is 5.32 Å². The summed E-state index contributed by atoms with van der Waals surface area (Å²) in [6, 6.07) is 6.57. The van der Waals surface area contributed by atoms with Gasteiger partial charge < -0.3 is 10.1 Å². The van der Waals surface area contributed by atoms with E-state index in [2.05, 4.69) is 23.5 Å². The Morgan fingerprint density at radius 1 is 1.37 bits per heavy atom. The summed E-state index contributed by atoms with van der Waals surface area (Å²) >= 11 is 0. The van der Waals surface area contributed by atoms with Gasteiger partial charge in [-0.25, -0.2) is 0 Å². The van der Waals surface area contributed by atoms with Gasteiger partial charge in [0.15, 0.2) is 0 Å². The molecule has 0 bridgehead atoms. The number of carbonyl (C=O) groups excluding carboxylic acids is 1. The summed E-state index contributed by atoms with van der Waals surface area (Å²) < 4.78 is 4.95. The number of ether oxygens (including phenoxy) is 1. The fourth-order valence-corrected chi connectivity index (χ4v) is 2.35. The molecule has 19 heavy (non-hydrogen) atoms. The van der Waals surface area contributed by atoms with Crippen molar-refractivity contribution in [3.63, 3.8) is 0 Å². The highest BCUT2D eigenvalue weighted by Gasteiger charge is 2.09. The molecule has 0 radical (unpaired) electrons. The lowest BCUT2D eigenvalue weighted by Gasteiger charge is -2.08. The second-order valence-corrected chi connectivity index (χ2v) is 4.69. The van der Waals surface area contributed by atoms with Gasteiger partial charge in [-0.3, -0.25) is 4.79 Å². The minimum atomic E-state index is -0.103. The van der Waals surface area contributed by atoms with Crippen molar-refractivity contribution in [3.05, 3.63) is 34.9 Å². The Labute approximate surface area is 121 Å². The standard InChI is InChI=1S/C15H21NO2.ClH/c1-2-18-15(17)8-6-12-5-7-14-11-16-9-3-4-13(14)10-12;/h5,7,10,16H,2-4,6,8-9,11H2,1H3;1H. The molecular weight excluding hydrogens is 262 g/mol. The third-order valence-electron chi connectivity index (χ3n) is 3.31. The van der Waals surface area contributed by atoms with E-state index in [0.29, 0.717) is 13.0 Å². The molecule has 1 aliphatic rings. The lowest BCUT2D eigenvalue weighted by molar-refractivity contribution is -0.143. The highest BCUT2D eigenvalue weighted by molar-refractivity contribution is 5.85. The van der Waals surface area contributed by atoms with E-state index in [1.807, 2.05) is 6.92 Å². The number of hydrogen-bond acceptors (Lipinski definition) is 3. The van der Waals surface area contributed by atoms with E-state index in [0.717, 1.165) is 25.9 Å². The van der Waals surface area contributed by atoms with E-state index in [1.54, 1.807) is 0 Å². The lowest BCUT2D eigenvalue weighted by Crippen LogP contribution is -2.11. The Hall–Kier alpha value is -1.06. The molecule has 0 amide bonds. The van der Waals surface area contributed by atoms with Crippen molar-refractivity contribution in [1.82, 2.24) is 5.32 Å². The summed E-state index contributed by atoms with van der Waals surface area (Å²) in [4.78, 5) is 11.3. The normalized spacial score (nSPS) is 13.9. The van der Waals surface area contributed by atoms with E-state index < -0.39 is 0 Å². The summed E-state index contributed by atoms with van der Waals surface area (Å²) in [6.45, 7) is 4.36. The number of fused-ring (bicyclic) bond motifs is 1. The number of nitrogens with one attached hydrogen (secondary N) is 1. The first kappa shape index (κ1) is 16.0. The summed E-state index contributed by atoms with van der Waals surface area (Å²) in [6.07, 6.45) is 3.58. The Balaban J connectivity index is 0.00000180. The zero-order valence-corrected chi connectivity index (χ0v) is 12.2. The maximum Gasteiger partial charge on any atom is 0.306 e. The molecule has 0 saturated carbocycles. The Morgan fingerprint density at radius 3 is 3.00 bits per heavy atom. The number of hydrogen-bond donors (Lipinski definition) is 1. The predicted molar refractivity (Wildman–Crippen MR) is 78.7 cm³/mol. The van der Waals surface area contributed by atoms with E-state index in [4.69, 9.17) is 4.74 Å². The fraction of sp³-hybridized carbons (Fsp3) is 0.533. The van der Waals surface area contributed by atoms with Crippen molar-refractivity contribution >= 4 is 18.4 Å². The first-order valence-corrected chi connectivity index (χ1v) is 6.76. The molecule has 0 aliphatic carbocycles. The zero-order valence-electron chi connectivity index (χ0n) is 11.4. The fourth-order valence-electron chi connectivity index (χ4n) is 2.35. The van der Waals surface area contributed by atoms with Crippen LogP contribution in [0.3, 0.4) is 0 Å². The van der Waals surface area contributed by atoms with Gasteiger partial charge in [0.1, 0.15) is 0 Å². The van der Waals surface area contributed by atoms with Gasteiger partial charge in [0, 0.05) is 13.0 Å². The van der Waals surface area contributed by atoms with Crippen LogP contribution in [-0.2, 0) is 28.9 Å². The van der Waals surface area contributed by atoms with E-state index in [9.17, 15) is 4.79 Å². The highest BCUT2D eigenvalue weighted by Crippen LogP contribution is 2.17. The van der Waals surface area contributed by atoms with Crippen LogP contribution in [0.25, 0.3) is 0 Å². The van der Waals surface area contributed by atoms with Gasteiger partial charge >= 0.3 is 5.97 Å². The molecule has 1 heterocycles. The summed E-state index contributed by atoms with van der Waals surface area (Å²) in [5.41, 5.74) is 4.07. The first-order valence-electron chi connectivity index (χ1n) is 6.76. The Bertz CT molecular complexity index is 421. The third kappa shape index (κ3) is 4.84. The summed E-state index contributed by atoms with van der Waals surface area (Å²) in [5.74, 6) is -0.103. The Morgan fingerprint density at radius 2 is 2.21 bits per heavy atom. The van der Waals surface area contributed by atoms with Gasteiger partial charge in [0.25, 0.3) is 0 Å². The maximum absolute atomic E-state index is 11.3. The lowest BCUT2D eigenvalue weighted by atomic mass is 9.99. The van der Waals surface area contributed by atoms with Crippen LogP contribution in [0, 0.1) is 0 Å². The number of benzene rings is 1. The number of halogens is 1. The maximum atomic E-state index is 11.3. The molecule has 106 valence electrons. The molecule has 0 aromatic heterocycles. The molecular formula is C15H22ClNO2. The number of carbonyl (C=O) groups is 1. The van der Waals surface area contributed by atoms with Gasteiger partial charge in [0.05, 0.1) is 6.61 Å². The molecule has 1 aromatic carbocycles. The molecule has 0 unspecified atom stereocenters. The summed E-state index contributed by atoms with van der Waals surface area (Å²) in [5, 5.41) is 3.42. The average molecular weight is 284 g/mol. The topological polar surface area (TPSA) is 38.3 Å². The minimum absolute atomic E-state index is 0. The molecule has 4 heteroatoms. The number of aryl methyl sites for hydroxylation is 2. The highest BCUT2D eigenvalue weighted by atomic mass is 35.5. The van der Waals surface area contributed by atoms with Crippen molar-refractivity contribution in [1.29, 1.82) is 0 Å². The second-order valence-electron chi connectivity index (χ2n) is 4.69. The van der Waals surface area contributed by atoms with Crippen molar-refractivity contribution < 1.29 is 9.53 Å². The first-order chi connectivity index (χ1) is 8.79. The van der Waals surface area contributed by atoms with E-state index >= 15 is 0 Å². The van der Waals surface area contributed by atoms with Crippen molar-refractivity contribution in [2.75, 3.05) is 13.2 Å². The molecule has 2 rings (SSSR count). The molecule has 0 atom stereocenters. The van der Waals surface area contributed by atoms with Gasteiger partial charge in [0.2, 0.25) is 0 Å². The van der Waals surface area contributed by atoms with Crippen molar-refractivity contribution in [2.24, 2.45) is 0 Å². The molecule has 1 aromatic rings. The summed E-state index contributed by atoms with van der Waals surface area (Å²) in [7, 11) is 0. The molecule has 1 N–H and O–H groups in total. The quantitative estimate of drug-likeness (QED) is 0.864. The zero-order chi connectivity index (χ0) is 12.8. The number of esters is 1. The van der Waals surface area contributed by atoms with Gasteiger partial charge in [-0.1, -0.05) is 18.2 Å². The largest absolute Gasteiger partial charge is 0.466 e. The van der Waals surface area contributed by atoms with Crippen LogP contribution in [0.1, 0.15) is 36.5 Å². The molecule has 3 nitrogen and oxygen atoms in total. The van der Waals surface area contributed by atoms with Crippen molar-refractivity contribution in [3.8, 4) is 0 Å². The number of rotatable bonds is 4. The molecule has 0 saturated heterocycles. The molecule has 0 spiro atoms. The third-order valence-corrected chi connectivity index (χ3v) is 3.31. The molecule has 0 fully saturated rings. The van der Waals surface area contributed by atoms with Gasteiger partial charge in [-0.15, -0.1) is 12.4 Å². The monoisotopic (exact) mass is 283 g/mol. The van der Waals surface area contributed by atoms with Gasteiger partial charge in [-0.2, -0.15) is 0 Å². The van der Waals surface area contributed by atoms with Crippen LogP contribution in [0.4, 0.5) is 0 Å². The van der Waals surface area contributed by atoms with E-state index in [-0.39, 0.29) is 18.4 Å². The van der Waals surface area contributed by atoms with Crippen LogP contribution >= 0.6 is 12.4 Å². The van der Waals surface area contributed by atoms with Crippen LogP contribution in [0.2, 0.25) is 0 Å². The average Bonchev–Trinajstić information content (AvgIpc) is 2.61. The smallest absolute Gasteiger partial charge is 0.306 e. The second kappa shape index (κ2) is 8.18. The Kier molecular flexibility index (Phi) is 6.89.